The fourth-order valence-corrected chi connectivity index (χ4v) is 0.758. The van der Waals surface area contributed by atoms with Gasteiger partial charge in [-0.3, -0.25) is 4.98 Å². The summed E-state index contributed by atoms with van der Waals surface area (Å²) in [5.41, 5.74) is 6.14. The first-order valence-electron chi connectivity index (χ1n) is 3.96. The first-order chi connectivity index (χ1) is 6.33. The fourth-order valence-electron chi connectivity index (χ4n) is 0.758. The number of hydrogen-bond donors (Lipinski definition) is 1. The molecule has 0 atom stereocenters. The van der Waals surface area contributed by atoms with Crippen LogP contribution in [0.25, 0.3) is 0 Å². The number of methoxy groups -OCH3 is 1. The Balaban J connectivity index is 2.25. The lowest BCUT2D eigenvalue weighted by Crippen LogP contribution is -2.03. The van der Waals surface area contributed by atoms with Gasteiger partial charge in [0.2, 0.25) is 0 Å². The summed E-state index contributed by atoms with van der Waals surface area (Å²) in [7, 11) is 1.63. The van der Waals surface area contributed by atoms with Crippen molar-refractivity contribution in [2.24, 2.45) is 0 Å². The second-order valence-corrected chi connectivity index (χ2v) is 2.48. The molecule has 0 fully saturated rings. The van der Waals surface area contributed by atoms with Crippen molar-refractivity contribution in [3.05, 3.63) is 18.1 Å². The average Bonchev–Trinajstić information content (AvgIpc) is 2.15. The number of nitrogens with zero attached hydrogens (tertiary/aromatic N) is 2. The van der Waals surface area contributed by atoms with Crippen LogP contribution < -0.4 is 5.73 Å². The van der Waals surface area contributed by atoms with E-state index in [4.69, 9.17) is 15.2 Å². The monoisotopic (exact) mass is 183 g/mol. The van der Waals surface area contributed by atoms with Crippen molar-refractivity contribution in [3.63, 3.8) is 0 Å². The molecule has 13 heavy (non-hydrogen) atoms. The molecule has 5 nitrogen and oxygen atoms in total. The molecule has 0 spiro atoms. The van der Waals surface area contributed by atoms with E-state index in [9.17, 15) is 0 Å². The van der Waals surface area contributed by atoms with Crippen molar-refractivity contribution < 1.29 is 9.47 Å². The second kappa shape index (κ2) is 5.45. The molecule has 1 rings (SSSR count). The lowest BCUT2D eigenvalue weighted by molar-refractivity contribution is 0.0601. The minimum Gasteiger partial charge on any atom is -0.382 e. The van der Waals surface area contributed by atoms with Crippen LogP contribution in [0.2, 0.25) is 0 Å². The Kier molecular flexibility index (Phi) is 4.14. The normalized spacial score (nSPS) is 10.2. The zero-order valence-corrected chi connectivity index (χ0v) is 7.56. The Morgan fingerprint density at radius 2 is 2.15 bits per heavy atom. The fraction of sp³-hybridized carbons (Fsp3) is 0.500. The Hall–Kier alpha value is -1.20. The van der Waals surface area contributed by atoms with E-state index >= 15 is 0 Å². The van der Waals surface area contributed by atoms with Crippen molar-refractivity contribution in [1.29, 1.82) is 0 Å². The first kappa shape index (κ1) is 9.88. The van der Waals surface area contributed by atoms with Crippen molar-refractivity contribution in [3.8, 4) is 0 Å². The van der Waals surface area contributed by atoms with Crippen LogP contribution in [0.15, 0.2) is 12.4 Å². The number of nitrogen functional groups attached to an aromatic ring is 1. The van der Waals surface area contributed by atoms with Gasteiger partial charge in [0.25, 0.3) is 0 Å². The van der Waals surface area contributed by atoms with Gasteiger partial charge in [-0.15, -0.1) is 0 Å². The standard InChI is InChI=1S/C8H13N3O2/c1-12-2-3-13-6-7-4-11-8(9)5-10-7/h4-5H,2-3,6H2,1H3,(H2,9,11). The molecule has 0 saturated carbocycles. The molecule has 1 aromatic heterocycles. The molecular weight excluding hydrogens is 170 g/mol. The van der Waals surface area contributed by atoms with Gasteiger partial charge in [0, 0.05) is 7.11 Å². The van der Waals surface area contributed by atoms with Gasteiger partial charge in [0.15, 0.2) is 0 Å². The number of nitrogens with two attached hydrogens (primary N) is 1. The molecule has 2 N–H and O–H groups in total. The zero-order valence-electron chi connectivity index (χ0n) is 7.56. The lowest BCUT2D eigenvalue weighted by Gasteiger charge is -2.02. The molecule has 0 aliphatic rings. The van der Waals surface area contributed by atoms with Crippen LogP contribution in [0.5, 0.6) is 0 Å². The third-order valence-electron chi connectivity index (χ3n) is 1.41. The molecule has 5 heteroatoms. The van der Waals surface area contributed by atoms with Gasteiger partial charge in [0.05, 0.1) is 37.9 Å². The van der Waals surface area contributed by atoms with E-state index in [1.165, 1.54) is 6.20 Å². The van der Waals surface area contributed by atoms with E-state index in [-0.39, 0.29) is 0 Å². The maximum Gasteiger partial charge on any atom is 0.141 e. The highest BCUT2D eigenvalue weighted by Crippen LogP contribution is 1.97. The second-order valence-electron chi connectivity index (χ2n) is 2.48. The molecule has 0 aliphatic carbocycles. The molecule has 1 aromatic rings. The van der Waals surface area contributed by atoms with Crippen LogP contribution >= 0.6 is 0 Å². The molecule has 0 bridgehead atoms. The number of ether oxygens (including phenoxy) is 2. The molecular formula is C8H13N3O2. The van der Waals surface area contributed by atoms with Crippen molar-refractivity contribution in [2.75, 3.05) is 26.1 Å². The van der Waals surface area contributed by atoms with Gasteiger partial charge in [-0.2, -0.15) is 0 Å². The maximum absolute atomic E-state index is 5.37. The maximum atomic E-state index is 5.37. The summed E-state index contributed by atoms with van der Waals surface area (Å²) in [6.07, 6.45) is 3.11. The van der Waals surface area contributed by atoms with Gasteiger partial charge in [-0.1, -0.05) is 0 Å². The Labute approximate surface area is 76.9 Å². The largest absolute Gasteiger partial charge is 0.382 e. The number of hydrogen-bond acceptors (Lipinski definition) is 5. The smallest absolute Gasteiger partial charge is 0.141 e. The molecule has 0 saturated heterocycles. The van der Waals surface area contributed by atoms with Gasteiger partial charge in [-0.25, -0.2) is 4.98 Å². The summed E-state index contributed by atoms with van der Waals surface area (Å²) in [5.74, 6) is 0.417. The minimum absolute atomic E-state index is 0.417. The molecule has 0 amide bonds. The minimum atomic E-state index is 0.417. The highest BCUT2D eigenvalue weighted by Gasteiger charge is 1.94. The van der Waals surface area contributed by atoms with Crippen LogP contribution in [0, 0.1) is 0 Å². The summed E-state index contributed by atoms with van der Waals surface area (Å²) in [6.45, 7) is 1.58. The summed E-state index contributed by atoms with van der Waals surface area (Å²) in [5, 5.41) is 0. The summed E-state index contributed by atoms with van der Waals surface area (Å²) < 4.78 is 10.0. The Bertz CT molecular complexity index is 238. The first-order valence-corrected chi connectivity index (χ1v) is 3.96. The zero-order chi connectivity index (χ0) is 9.52. The lowest BCUT2D eigenvalue weighted by atomic mass is 10.5. The van der Waals surface area contributed by atoms with Crippen molar-refractivity contribution in [2.45, 2.75) is 6.61 Å². The highest BCUT2D eigenvalue weighted by molar-refractivity contribution is 5.22. The Morgan fingerprint density at radius 3 is 2.77 bits per heavy atom. The van der Waals surface area contributed by atoms with Crippen LogP contribution in [0.3, 0.4) is 0 Å². The van der Waals surface area contributed by atoms with Crippen LogP contribution in [0.4, 0.5) is 5.82 Å². The van der Waals surface area contributed by atoms with E-state index in [0.29, 0.717) is 25.6 Å². The van der Waals surface area contributed by atoms with E-state index in [1.807, 2.05) is 0 Å². The number of rotatable bonds is 5. The average molecular weight is 183 g/mol. The third kappa shape index (κ3) is 3.82. The molecule has 0 aliphatic heterocycles. The predicted molar refractivity (Wildman–Crippen MR) is 48.0 cm³/mol. The van der Waals surface area contributed by atoms with Crippen molar-refractivity contribution >= 4 is 5.82 Å². The van der Waals surface area contributed by atoms with E-state index in [0.717, 1.165) is 5.69 Å². The van der Waals surface area contributed by atoms with Crippen LogP contribution in [-0.2, 0) is 16.1 Å². The number of aromatic nitrogens is 2. The van der Waals surface area contributed by atoms with Gasteiger partial charge in [-0.05, 0) is 0 Å². The van der Waals surface area contributed by atoms with Gasteiger partial charge in [0.1, 0.15) is 5.82 Å². The quantitative estimate of drug-likeness (QED) is 0.661. The van der Waals surface area contributed by atoms with E-state index in [2.05, 4.69) is 9.97 Å². The molecule has 0 unspecified atom stereocenters. The summed E-state index contributed by atoms with van der Waals surface area (Å²) in [6, 6.07) is 0. The Morgan fingerprint density at radius 1 is 1.31 bits per heavy atom. The molecule has 0 radical (unpaired) electrons. The third-order valence-corrected chi connectivity index (χ3v) is 1.41. The number of anilines is 1. The molecule has 1 heterocycles. The SMILES string of the molecule is COCCOCc1cnc(N)cn1. The van der Waals surface area contributed by atoms with E-state index in [1.54, 1.807) is 13.3 Å². The van der Waals surface area contributed by atoms with E-state index < -0.39 is 0 Å². The summed E-state index contributed by atoms with van der Waals surface area (Å²) >= 11 is 0. The molecule has 72 valence electrons. The van der Waals surface area contributed by atoms with Crippen LogP contribution in [-0.4, -0.2) is 30.3 Å². The van der Waals surface area contributed by atoms with Crippen LogP contribution in [0.1, 0.15) is 5.69 Å². The highest BCUT2D eigenvalue weighted by atomic mass is 16.5. The molecule has 0 aromatic carbocycles. The van der Waals surface area contributed by atoms with Gasteiger partial charge >= 0.3 is 0 Å². The summed E-state index contributed by atoms with van der Waals surface area (Å²) in [4.78, 5) is 7.90. The van der Waals surface area contributed by atoms with Gasteiger partial charge < -0.3 is 15.2 Å². The van der Waals surface area contributed by atoms with Crippen molar-refractivity contribution in [1.82, 2.24) is 9.97 Å². The topological polar surface area (TPSA) is 70.3 Å². The predicted octanol–water partition coefficient (Wildman–Crippen LogP) is 0.222.